The zero-order chi connectivity index (χ0) is 14.5. The van der Waals surface area contributed by atoms with Crippen LogP contribution in [0.3, 0.4) is 0 Å². The predicted octanol–water partition coefficient (Wildman–Crippen LogP) is 2.61. The molecule has 0 radical (unpaired) electrons. The molecule has 0 aromatic heterocycles. The van der Waals surface area contributed by atoms with Gasteiger partial charge < -0.3 is 10.1 Å². The first-order chi connectivity index (χ1) is 9.61. The van der Waals surface area contributed by atoms with Crippen molar-refractivity contribution in [1.82, 2.24) is 10.2 Å². The van der Waals surface area contributed by atoms with E-state index in [1.165, 1.54) is 0 Å². The van der Waals surface area contributed by atoms with Gasteiger partial charge in [-0.1, -0.05) is 12.1 Å². The maximum atomic E-state index is 12.9. The Bertz CT molecular complexity index is 434. The Morgan fingerprint density at radius 2 is 2.00 bits per heavy atom. The Morgan fingerprint density at radius 1 is 1.30 bits per heavy atom. The number of methoxy groups -OCH3 is 1. The third-order valence-corrected chi connectivity index (χ3v) is 3.81. The third kappa shape index (κ3) is 3.67. The van der Waals surface area contributed by atoms with Crippen LogP contribution in [0.1, 0.15) is 23.6 Å². The first-order valence-corrected chi connectivity index (χ1v) is 6.99. The van der Waals surface area contributed by atoms with Crippen LogP contribution in [0.4, 0.5) is 8.78 Å². The van der Waals surface area contributed by atoms with Crippen LogP contribution in [0.15, 0.2) is 18.2 Å². The molecule has 5 heteroatoms. The number of aryl methyl sites for hydroxylation is 1. The van der Waals surface area contributed by atoms with Crippen molar-refractivity contribution in [2.75, 3.05) is 33.3 Å². The lowest BCUT2D eigenvalue weighted by Crippen LogP contribution is -2.45. The Hall–Kier alpha value is -1.20. The minimum atomic E-state index is -2.30. The van der Waals surface area contributed by atoms with Crippen molar-refractivity contribution >= 4 is 0 Å². The molecule has 0 spiro atoms. The molecule has 1 N–H and O–H groups in total. The van der Waals surface area contributed by atoms with Gasteiger partial charge in [0, 0.05) is 38.6 Å². The SMILES string of the molecule is COc1cc([C@@H](CC(F)F)N2CCNCC2)ccc1C. The topological polar surface area (TPSA) is 24.5 Å². The highest BCUT2D eigenvalue weighted by Crippen LogP contribution is 2.31. The van der Waals surface area contributed by atoms with E-state index in [4.69, 9.17) is 4.74 Å². The molecule has 0 amide bonds. The highest BCUT2D eigenvalue weighted by molar-refractivity contribution is 5.38. The minimum absolute atomic E-state index is 0.133. The summed E-state index contributed by atoms with van der Waals surface area (Å²) in [4.78, 5) is 2.13. The molecule has 1 aromatic rings. The van der Waals surface area contributed by atoms with E-state index in [0.717, 1.165) is 43.1 Å². The molecule has 1 saturated heterocycles. The summed E-state index contributed by atoms with van der Waals surface area (Å²) in [5.74, 6) is 0.761. The predicted molar refractivity (Wildman–Crippen MR) is 75.5 cm³/mol. The van der Waals surface area contributed by atoms with Gasteiger partial charge in [-0.2, -0.15) is 0 Å². The van der Waals surface area contributed by atoms with E-state index in [2.05, 4.69) is 10.2 Å². The van der Waals surface area contributed by atoms with Crippen molar-refractivity contribution in [3.63, 3.8) is 0 Å². The molecule has 1 aromatic carbocycles. The quantitative estimate of drug-likeness (QED) is 0.899. The second kappa shape index (κ2) is 6.99. The summed E-state index contributed by atoms with van der Waals surface area (Å²) in [6.45, 7) is 5.25. The smallest absolute Gasteiger partial charge is 0.240 e. The van der Waals surface area contributed by atoms with E-state index in [1.54, 1.807) is 7.11 Å². The molecule has 2 rings (SSSR count). The zero-order valence-corrected chi connectivity index (χ0v) is 12.0. The van der Waals surface area contributed by atoms with Gasteiger partial charge >= 0.3 is 0 Å². The van der Waals surface area contributed by atoms with Crippen molar-refractivity contribution in [2.45, 2.75) is 25.8 Å². The molecule has 1 fully saturated rings. The number of alkyl halides is 2. The van der Waals surface area contributed by atoms with Crippen LogP contribution in [-0.2, 0) is 0 Å². The van der Waals surface area contributed by atoms with Gasteiger partial charge in [-0.15, -0.1) is 0 Å². The molecule has 0 bridgehead atoms. The maximum absolute atomic E-state index is 12.9. The van der Waals surface area contributed by atoms with Crippen molar-refractivity contribution in [2.24, 2.45) is 0 Å². The molecular weight excluding hydrogens is 262 g/mol. The highest BCUT2D eigenvalue weighted by atomic mass is 19.3. The van der Waals surface area contributed by atoms with Gasteiger partial charge in [0.25, 0.3) is 0 Å². The fourth-order valence-corrected chi connectivity index (χ4v) is 2.70. The first-order valence-electron chi connectivity index (χ1n) is 6.99. The van der Waals surface area contributed by atoms with E-state index in [1.807, 2.05) is 25.1 Å². The summed E-state index contributed by atoms with van der Waals surface area (Å²) >= 11 is 0. The van der Waals surface area contributed by atoms with Crippen LogP contribution < -0.4 is 10.1 Å². The first kappa shape index (κ1) is 15.2. The van der Waals surface area contributed by atoms with Crippen molar-refractivity contribution in [1.29, 1.82) is 0 Å². The van der Waals surface area contributed by atoms with Gasteiger partial charge in [-0.05, 0) is 24.1 Å². The van der Waals surface area contributed by atoms with Crippen molar-refractivity contribution in [3.8, 4) is 5.75 Å². The molecule has 3 nitrogen and oxygen atoms in total. The Kier molecular flexibility index (Phi) is 5.31. The summed E-state index contributed by atoms with van der Waals surface area (Å²) in [5, 5.41) is 3.25. The number of rotatable bonds is 5. The molecule has 1 atom stereocenters. The monoisotopic (exact) mass is 284 g/mol. The van der Waals surface area contributed by atoms with Gasteiger partial charge in [0.15, 0.2) is 0 Å². The Labute approximate surface area is 118 Å². The second-order valence-corrected chi connectivity index (χ2v) is 5.16. The average Bonchev–Trinajstić information content (AvgIpc) is 2.46. The number of nitrogens with one attached hydrogen (secondary N) is 1. The fourth-order valence-electron chi connectivity index (χ4n) is 2.70. The van der Waals surface area contributed by atoms with Gasteiger partial charge in [0.1, 0.15) is 5.75 Å². The van der Waals surface area contributed by atoms with Crippen molar-refractivity contribution in [3.05, 3.63) is 29.3 Å². The lowest BCUT2D eigenvalue weighted by atomic mass is 9.99. The van der Waals surface area contributed by atoms with Crippen molar-refractivity contribution < 1.29 is 13.5 Å². The van der Waals surface area contributed by atoms with Gasteiger partial charge in [0.2, 0.25) is 6.43 Å². The van der Waals surface area contributed by atoms with Crippen LogP contribution in [-0.4, -0.2) is 44.6 Å². The number of ether oxygens (including phenoxy) is 1. The summed E-state index contributed by atoms with van der Waals surface area (Å²) in [6.07, 6.45) is -2.44. The number of piperazine rings is 1. The number of halogens is 2. The van der Waals surface area contributed by atoms with E-state index in [0.29, 0.717) is 0 Å². The molecule has 1 aliphatic heterocycles. The number of benzene rings is 1. The Morgan fingerprint density at radius 3 is 2.60 bits per heavy atom. The third-order valence-electron chi connectivity index (χ3n) is 3.81. The maximum Gasteiger partial charge on any atom is 0.240 e. The summed E-state index contributed by atoms with van der Waals surface area (Å²) in [7, 11) is 1.61. The molecule has 0 aliphatic carbocycles. The van der Waals surface area contributed by atoms with Gasteiger partial charge in [-0.25, -0.2) is 8.78 Å². The highest BCUT2D eigenvalue weighted by Gasteiger charge is 2.25. The van der Waals surface area contributed by atoms with Crippen LogP contribution in [0.2, 0.25) is 0 Å². The molecule has 1 aliphatic rings. The minimum Gasteiger partial charge on any atom is -0.496 e. The number of hydrogen-bond acceptors (Lipinski definition) is 3. The number of nitrogens with zero attached hydrogens (tertiary/aromatic N) is 1. The van der Waals surface area contributed by atoms with Crippen LogP contribution in [0, 0.1) is 6.92 Å². The lowest BCUT2D eigenvalue weighted by molar-refractivity contribution is 0.0738. The summed E-state index contributed by atoms with van der Waals surface area (Å²) in [6, 6.07) is 5.53. The summed E-state index contributed by atoms with van der Waals surface area (Å²) in [5.41, 5.74) is 1.93. The zero-order valence-electron chi connectivity index (χ0n) is 12.0. The molecular formula is C15H22F2N2O. The van der Waals surface area contributed by atoms with Gasteiger partial charge in [0.05, 0.1) is 7.11 Å². The van der Waals surface area contributed by atoms with E-state index in [9.17, 15) is 8.78 Å². The van der Waals surface area contributed by atoms with Crippen LogP contribution >= 0.6 is 0 Å². The standard InChI is InChI=1S/C15H22F2N2O/c1-11-3-4-12(9-14(11)20-2)13(10-15(16)17)19-7-5-18-6-8-19/h3-4,9,13,15,18H,5-8,10H2,1-2H3/t13-/m1/s1. The molecule has 0 unspecified atom stereocenters. The van der Waals surface area contributed by atoms with Crippen LogP contribution in [0.25, 0.3) is 0 Å². The molecule has 1 heterocycles. The Balaban J connectivity index is 2.24. The second-order valence-electron chi connectivity index (χ2n) is 5.16. The summed E-state index contributed by atoms with van der Waals surface area (Å²) < 4.78 is 31.1. The fraction of sp³-hybridized carbons (Fsp3) is 0.600. The molecule has 0 saturated carbocycles. The van der Waals surface area contributed by atoms with Gasteiger partial charge in [-0.3, -0.25) is 4.90 Å². The number of hydrogen-bond donors (Lipinski definition) is 1. The van der Waals surface area contributed by atoms with E-state index < -0.39 is 6.43 Å². The largest absolute Gasteiger partial charge is 0.496 e. The lowest BCUT2D eigenvalue weighted by Gasteiger charge is -2.35. The normalized spacial score (nSPS) is 18.2. The molecule has 112 valence electrons. The average molecular weight is 284 g/mol. The van der Waals surface area contributed by atoms with E-state index >= 15 is 0 Å². The van der Waals surface area contributed by atoms with E-state index in [-0.39, 0.29) is 12.5 Å². The molecule has 20 heavy (non-hydrogen) atoms. The van der Waals surface area contributed by atoms with Crippen LogP contribution in [0.5, 0.6) is 5.75 Å².